The Morgan fingerprint density at radius 2 is 1.90 bits per heavy atom. The molecule has 0 bridgehead atoms. The van der Waals surface area contributed by atoms with Gasteiger partial charge in [-0.2, -0.15) is 0 Å². The molecule has 3 amide bonds. The monoisotopic (exact) mass is 431 g/mol. The van der Waals surface area contributed by atoms with Crippen molar-refractivity contribution in [2.45, 2.75) is 64.8 Å². The van der Waals surface area contributed by atoms with E-state index in [4.69, 9.17) is 4.74 Å². The Hall–Kier alpha value is -2.57. The van der Waals surface area contributed by atoms with Gasteiger partial charge in [0.25, 0.3) is 0 Å². The van der Waals surface area contributed by atoms with Gasteiger partial charge in [0.05, 0.1) is 25.5 Å². The summed E-state index contributed by atoms with van der Waals surface area (Å²) in [7, 11) is 1.60. The van der Waals surface area contributed by atoms with Crippen LogP contribution in [-0.4, -0.2) is 49.4 Å². The highest BCUT2D eigenvalue weighted by Crippen LogP contribution is 2.23. The molecule has 1 saturated heterocycles. The van der Waals surface area contributed by atoms with E-state index >= 15 is 0 Å². The molecule has 0 saturated carbocycles. The van der Waals surface area contributed by atoms with E-state index in [-0.39, 0.29) is 30.1 Å². The summed E-state index contributed by atoms with van der Waals surface area (Å²) in [5, 5.41) is 5.90. The second kappa shape index (κ2) is 13.0. The molecule has 1 fully saturated rings. The van der Waals surface area contributed by atoms with Gasteiger partial charge in [0.1, 0.15) is 5.75 Å². The van der Waals surface area contributed by atoms with Crippen LogP contribution in [0.5, 0.6) is 5.75 Å². The first-order valence-corrected chi connectivity index (χ1v) is 11.4. The maximum atomic E-state index is 13.0. The number of unbranched alkanes of at least 4 members (excludes halogenated alkanes) is 3. The summed E-state index contributed by atoms with van der Waals surface area (Å²) in [5.74, 6) is 0.366. The molecule has 1 heterocycles. The van der Waals surface area contributed by atoms with Gasteiger partial charge >= 0.3 is 0 Å². The van der Waals surface area contributed by atoms with Crippen LogP contribution in [0.4, 0.5) is 0 Å². The van der Waals surface area contributed by atoms with Crippen molar-refractivity contribution in [3.05, 3.63) is 29.8 Å². The summed E-state index contributed by atoms with van der Waals surface area (Å²) in [6.45, 7) is 5.40. The molecular weight excluding hydrogens is 394 g/mol. The third-order valence-electron chi connectivity index (χ3n) is 5.75. The zero-order chi connectivity index (χ0) is 22.6. The number of nitrogens with zero attached hydrogens (tertiary/aromatic N) is 1. The molecule has 1 aliphatic rings. The highest BCUT2D eigenvalue weighted by atomic mass is 16.5. The number of rotatable bonds is 11. The highest BCUT2D eigenvalue weighted by Gasteiger charge is 2.29. The lowest BCUT2D eigenvalue weighted by molar-refractivity contribution is -0.136. The molecule has 1 aliphatic heterocycles. The number of likely N-dealkylation sites (tertiary alicyclic amines) is 1. The van der Waals surface area contributed by atoms with Crippen molar-refractivity contribution < 1.29 is 19.1 Å². The quantitative estimate of drug-likeness (QED) is 0.527. The van der Waals surface area contributed by atoms with Crippen LogP contribution in [0.2, 0.25) is 0 Å². The number of ether oxygens (including phenoxy) is 1. The van der Waals surface area contributed by atoms with E-state index in [1.54, 1.807) is 12.0 Å². The van der Waals surface area contributed by atoms with Gasteiger partial charge < -0.3 is 20.3 Å². The van der Waals surface area contributed by atoms with Gasteiger partial charge in [-0.15, -0.1) is 0 Å². The minimum Gasteiger partial charge on any atom is -0.497 e. The molecule has 0 aromatic heterocycles. The second-order valence-electron chi connectivity index (χ2n) is 8.26. The lowest BCUT2D eigenvalue weighted by Gasteiger charge is -2.33. The van der Waals surface area contributed by atoms with E-state index in [2.05, 4.69) is 17.6 Å². The van der Waals surface area contributed by atoms with Gasteiger partial charge in [0.2, 0.25) is 17.7 Å². The summed E-state index contributed by atoms with van der Waals surface area (Å²) in [6, 6.07) is 6.94. The largest absolute Gasteiger partial charge is 0.497 e. The average molecular weight is 432 g/mol. The molecule has 0 radical (unpaired) electrons. The van der Waals surface area contributed by atoms with E-state index < -0.39 is 6.04 Å². The minimum atomic E-state index is -0.413. The summed E-state index contributed by atoms with van der Waals surface area (Å²) in [6.07, 6.45) is 6.26. The lowest BCUT2D eigenvalue weighted by Crippen LogP contribution is -2.46. The topological polar surface area (TPSA) is 87.7 Å². The first-order valence-electron chi connectivity index (χ1n) is 11.4. The number of carbonyl (C=O) groups excluding carboxylic acids is 3. The number of carbonyl (C=O) groups is 3. The van der Waals surface area contributed by atoms with Crippen LogP contribution in [0, 0.1) is 5.92 Å². The summed E-state index contributed by atoms with van der Waals surface area (Å²) in [4.78, 5) is 39.0. The molecule has 2 rings (SSSR count). The second-order valence-corrected chi connectivity index (χ2v) is 8.26. The van der Waals surface area contributed by atoms with E-state index in [0.29, 0.717) is 19.6 Å². The summed E-state index contributed by atoms with van der Waals surface area (Å²) < 4.78 is 5.19. The number of methoxy groups -OCH3 is 1. The van der Waals surface area contributed by atoms with Crippen LogP contribution in [0.1, 0.15) is 70.4 Å². The zero-order valence-corrected chi connectivity index (χ0v) is 19.1. The smallest absolute Gasteiger partial charge is 0.225 e. The summed E-state index contributed by atoms with van der Waals surface area (Å²) in [5.41, 5.74) is 0.850. The molecule has 172 valence electrons. The Morgan fingerprint density at radius 1 is 1.16 bits per heavy atom. The molecule has 1 aromatic carbocycles. The van der Waals surface area contributed by atoms with Crippen LogP contribution >= 0.6 is 0 Å². The van der Waals surface area contributed by atoms with Crippen molar-refractivity contribution in [1.29, 1.82) is 0 Å². The zero-order valence-electron chi connectivity index (χ0n) is 19.1. The Morgan fingerprint density at radius 3 is 2.55 bits per heavy atom. The van der Waals surface area contributed by atoms with Crippen LogP contribution in [-0.2, 0) is 14.4 Å². The fraction of sp³-hybridized carbons (Fsp3) is 0.625. The van der Waals surface area contributed by atoms with Crippen molar-refractivity contribution in [3.8, 4) is 5.75 Å². The number of amides is 3. The molecule has 2 unspecified atom stereocenters. The molecule has 31 heavy (non-hydrogen) atoms. The first-order chi connectivity index (χ1) is 14.9. The van der Waals surface area contributed by atoms with E-state index in [1.807, 2.05) is 24.3 Å². The van der Waals surface area contributed by atoms with Crippen molar-refractivity contribution in [2.24, 2.45) is 5.92 Å². The van der Waals surface area contributed by atoms with Crippen molar-refractivity contribution >= 4 is 17.7 Å². The van der Waals surface area contributed by atoms with Gasteiger partial charge in [-0.05, 0) is 37.0 Å². The van der Waals surface area contributed by atoms with Crippen molar-refractivity contribution in [2.75, 3.05) is 26.7 Å². The Kier molecular flexibility index (Phi) is 10.3. The van der Waals surface area contributed by atoms with Crippen LogP contribution in [0.15, 0.2) is 24.3 Å². The maximum Gasteiger partial charge on any atom is 0.225 e. The Balaban J connectivity index is 1.93. The number of hydrogen-bond donors (Lipinski definition) is 2. The molecule has 7 heteroatoms. The molecule has 7 nitrogen and oxygen atoms in total. The maximum absolute atomic E-state index is 13.0. The van der Waals surface area contributed by atoms with Crippen LogP contribution < -0.4 is 15.4 Å². The normalized spacial score (nSPS) is 17.0. The van der Waals surface area contributed by atoms with Gasteiger partial charge in [-0.25, -0.2) is 0 Å². The number of hydrogen-bond acceptors (Lipinski definition) is 4. The molecule has 2 N–H and O–H groups in total. The molecule has 0 spiro atoms. The van der Waals surface area contributed by atoms with Crippen LogP contribution in [0.3, 0.4) is 0 Å². The van der Waals surface area contributed by atoms with Gasteiger partial charge in [0, 0.05) is 26.6 Å². The number of piperidine rings is 1. The van der Waals surface area contributed by atoms with Gasteiger partial charge in [-0.3, -0.25) is 14.4 Å². The van der Waals surface area contributed by atoms with Crippen molar-refractivity contribution in [3.63, 3.8) is 0 Å². The fourth-order valence-corrected chi connectivity index (χ4v) is 3.96. The SMILES string of the molecule is CCCCCCNC(=O)C1CCCN(C(=O)CC(NC(C)=O)c2ccc(OC)cc2)C1. The van der Waals surface area contributed by atoms with E-state index in [0.717, 1.165) is 37.0 Å². The molecular formula is C24H37N3O4. The van der Waals surface area contributed by atoms with Crippen molar-refractivity contribution in [1.82, 2.24) is 15.5 Å². The molecule has 1 aromatic rings. The summed E-state index contributed by atoms with van der Waals surface area (Å²) >= 11 is 0. The number of nitrogens with one attached hydrogen (secondary N) is 2. The Bertz CT molecular complexity index is 720. The van der Waals surface area contributed by atoms with Crippen LogP contribution in [0.25, 0.3) is 0 Å². The lowest BCUT2D eigenvalue weighted by atomic mass is 9.95. The highest BCUT2D eigenvalue weighted by molar-refractivity contribution is 5.82. The average Bonchev–Trinajstić information content (AvgIpc) is 2.78. The Labute approximate surface area is 185 Å². The first kappa shape index (κ1) is 24.7. The standard InChI is InChI=1S/C24H37N3O4/c1-4-5-6-7-14-25-24(30)20-9-8-15-27(17-20)23(29)16-22(26-18(2)28)19-10-12-21(31-3)13-11-19/h10-13,20,22H,4-9,14-17H2,1-3H3,(H,25,30)(H,26,28). The van der Waals surface area contributed by atoms with Gasteiger partial charge in [-0.1, -0.05) is 38.3 Å². The van der Waals surface area contributed by atoms with E-state index in [1.165, 1.54) is 19.8 Å². The number of benzene rings is 1. The third-order valence-corrected chi connectivity index (χ3v) is 5.75. The van der Waals surface area contributed by atoms with Gasteiger partial charge in [0.15, 0.2) is 0 Å². The fourth-order valence-electron chi connectivity index (χ4n) is 3.96. The molecule has 0 aliphatic carbocycles. The molecule has 2 atom stereocenters. The van der Waals surface area contributed by atoms with E-state index in [9.17, 15) is 14.4 Å². The minimum absolute atomic E-state index is 0.0440. The predicted molar refractivity (Wildman–Crippen MR) is 121 cm³/mol. The predicted octanol–water partition coefficient (Wildman–Crippen LogP) is 3.20. The third kappa shape index (κ3) is 8.23.